The van der Waals surface area contributed by atoms with Gasteiger partial charge in [-0.15, -0.1) is 0 Å². The average Bonchev–Trinajstić information content (AvgIpc) is 3.55. The lowest BCUT2D eigenvalue weighted by atomic mass is 9.84. The van der Waals surface area contributed by atoms with Crippen LogP contribution in [0.4, 0.5) is 0 Å². The van der Waals surface area contributed by atoms with E-state index in [1.165, 1.54) is 71.3 Å². The molecule has 0 radical (unpaired) electrons. The Balaban J connectivity index is 1.24. The van der Waals surface area contributed by atoms with E-state index >= 15 is 0 Å². The molecule has 0 saturated heterocycles. The molecule has 10 aromatic rings. The van der Waals surface area contributed by atoms with Gasteiger partial charge in [-0.2, -0.15) is 0 Å². The molecule has 0 spiro atoms. The van der Waals surface area contributed by atoms with Crippen molar-refractivity contribution >= 4 is 54.3 Å². The van der Waals surface area contributed by atoms with E-state index < -0.39 is 0 Å². The number of rotatable bonds is 4. The van der Waals surface area contributed by atoms with Crippen LogP contribution in [0.15, 0.2) is 186 Å². The smallest absolute Gasteiger partial charge is 0.136 e. The van der Waals surface area contributed by atoms with Gasteiger partial charge in [-0.3, -0.25) is 0 Å². The van der Waals surface area contributed by atoms with Crippen molar-refractivity contribution in [1.82, 2.24) is 0 Å². The van der Waals surface area contributed by atoms with Crippen LogP contribution >= 0.6 is 0 Å². The van der Waals surface area contributed by atoms with Crippen LogP contribution in [0, 0.1) is 0 Å². The molecule has 10 rings (SSSR count). The first-order valence-electron chi connectivity index (χ1n) is 16.8. The highest BCUT2D eigenvalue weighted by atomic mass is 16.3. The minimum absolute atomic E-state index is 0.911. The summed E-state index contributed by atoms with van der Waals surface area (Å²) in [7, 11) is 0. The Bertz CT molecular complexity index is 2800. The Labute approximate surface area is 284 Å². The number of para-hydroxylation sites is 1. The third-order valence-corrected chi connectivity index (χ3v) is 10.0. The van der Waals surface area contributed by atoms with Crippen molar-refractivity contribution in [2.24, 2.45) is 0 Å². The van der Waals surface area contributed by atoms with Crippen LogP contribution < -0.4 is 0 Å². The highest BCUT2D eigenvalue weighted by Crippen LogP contribution is 2.46. The standard InChI is InChI=1S/C48H30O/c1-3-13-31(14-4-1)36-27-33-23-24-34(28-44(33)43(29-36)32-15-5-2-6-16-32)47-39-18-7-9-20-41(39)48(42-21-10-8-19-40(42)47)35-25-26-38-37-17-11-12-22-45(37)49-46(38)30-35/h1-30H. The molecule has 9 aromatic carbocycles. The monoisotopic (exact) mass is 622 g/mol. The molecular formula is C48H30O. The largest absolute Gasteiger partial charge is 0.456 e. The van der Waals surface area contributed by atoms with Crippen molar-refractivity contribution < 1.29 is 4.42 Å². The van der Waals surface area contributed by atoms with Gasteiger partial charge < -0.3 is 4.42 Å². The van der Waals surface area contributed by atoms with E-state index in [0.29, 0.717) is 0 Å². The van der Waals surface area contributed by atoms with Gasteiger partial charge in [0.1, 0.15) is 11.2 Å². The molecule has 0 N–H and O–H groups in total. The van der Waals surface area contributed by atoms with Gasteiger partial charge in [0.05, 0.1) is 0 Å². The molecule has 0 amide bonds. The van der Waals surface area contributed by atoms with Gasteiger partial charge >= 0.3 is 0 Å². The summed E-state index contributed by atoms with van der Waals surface area (Å²) >= 11 is 0. The molecule has 0 aliphatic heterocycles. The van der Waals surface area contributed by atoms with E-state index in [2.05, 4.69) is 170 Å². The lowest BCUT2D eigenvalue weighted by Gasteiger charge is -2.19. The Kier molecular flexibility index (Phi) is 6.25. The van der Waals surface area contributed by atoms with Crippen LogP contribution in [0.2, 0.25) is 0 Å². The molecular weight excluding hydrogens is 593 g/mol. The van der Waals surface area contributed by atoms with Crippen molar-refractivity contribution in [3.8, 4) is 44.5 Å². The summed E-state index contributed by atoms with van der Waals surface area (Å²) in [5.74, 6) is 0. The Morgan fingerprint density at radius 3 is 1.43 bits per heavy atom. The molecule has 0 fully saturated rings. The third-order valence-electron chi connectivity index (χ3n) is 10.0. The van der Waals surface area contributed by atoms with Crippen LogP contribution in [-0.4, -0.2) is 0 Å². The van der Waals surface area contributed by atoms with E-state index in [9.17, 15) is 0 Å². The molecule has 0 aliphatic rings. The Hall–Kier alpha value is -6.44. The highest BCUT2D eigenvalue weighted by Gasteiger charge is 2.19. The lowest BCUT2D eigenvalue weighted by molar-refractivity contribution is 0.669. The fourth-order valence-electron chi connectivity index (χ4n) is 7.80. The summed E-state index contributed by atoms with van der Waals surface area (Å²) in [6.07, 6.45) is 0. The molecule has 49 heavy (non-hydrogen) atoms. The SMILES string of the molecule is c1ccc(-c2cc(-c3ccccc3)c3cc(-c4c5ccccc5c(-c5ccc6c(c5)oc5ccccc56)c5ccccc45)ccc3c2)cc1. The van der Waals surface area contributed by atoms with E-state index in [0.717, 1.165) is 27.5 Å². The summed E-state index contributed by atoms with van der Waals surface area (Å²) in [4.78, 5) is 0. The number of benzene rings is 9. The molecule has 228 valence electrons. The first kappa shape index (κ1) is 27.7. The molecule has 0 bridgehead atoms. The van der Waals surface area contributed by atoms with Crippen molar-refractivity contribution in [2.75, 3.05) is 0 Å². The zero-order valence-electron chi connectivity index (χ0n) is 26.7. The molecule has 1 heterocycles. The number of hydrogen-bond donors (Lipinski definition) is 0. The molecule has 1 nitrogen and oxygen atoms in total. The minimum Gasteiger partial charge on any atom is -0.456 e. The van der Waals surface area contributed by atoms with Crippen LogP contribution in [0.25, 0.3) is 98.8 Å². The first-order valence-corrected chi connectivity index (χ1v) is 16.8. The van der Waals surface area contributed by atoms with E-state index in [-0.39, 0.29) is 0 Å². The maximum Gasteiger partial charge on any atom is 0.136 e. The summed E-state index contributed by atoms with van der Waals surface area (Å²) in [5, 5.41) is 9.71. The first-order chi connectivity index (χ1) is 24.3. The van der Waals surface area contributed by atoms with E-state index in [4.69, 9.17) is 4.42 Å². The van der Waals surface area contributed by atoms with Crippen molar-refractivity contribution in [3.63, 3.8) is 0 Å². The van der Waals surface area contributed by atoms with Crippen LogP contribution in [-0.2, 0) is 0 Å². The van der Waals surface area contributed by atoms with Gasteiger partial charge in [-0.05, 0) is 113 Å². The number of furan rings is 1. The Morgan fingerprint density at radius 2 is 0.776 bits per heavy atom. The van der Waals surface area contributed by atoms with Crippen molar-refractivity contribution in [2.45, 2.75) is 0 Å². The number of fused-ring (bicyclic) bond motifs is 6. The van der Waals surface area contributed by atoms with E-state index in [1.807, 2.05) is 12.1 Å². The van der Waals surface area contributed by atoms with Crippen LogP contribution in [0.5, 0.6) is 0 Å². The molecule has 0 saturated carbocycles. The highest BCUT2D eigenvalue weighted by molar-refractivity contribution is 6.22. The van der Waals surface area contributed by atoms with Gasteiger partial charge in [0.25, 0.3) is 0 Å². The van der Waals surface area contributed by atoms with Gasteiger partial charge in [-0.25, -0.2) is 0 Å². The summed E-state index contributed by atoms with van der Waals surface area (Å²) < 4.78 is 6.36. The summed E-state index contributed by atoms with van der Waals surface area (Å²) in [6, 6.07) is 65.8. The second kappa shape index (κ2) is 11.1. The maximum atomic E-state index is 6.36. The van der Waals surface area contributed by atoms with Crippen molar-refractivity contribution in [3.05, 3.63) is 182 Å². The molecule has 0 atom stereocenters. The topological polar surface area (TPSA) is 13.1 Å². The van der Waals surface area contributed by atoms with Crippen LogP contribution in [0.3, 0.4) is 0 Å². The minimum atomic E-state index is 0.911. The quantitative estimate of drug-likeness (QED) is 0.178. The third kappa shape index (κ3) is 4.47. The number of hydrogen-bond acceptors (Lipinski definition) is 1. The second-order valence-electron chi connectivity index (χ2n) is 12.8. The fraction of sp³-hybridized carbons (Fsp3) is 0. The zero-order valence-corrected chi connectivity index (χ0v) is 26.7. The van der Waals surface area contributed by atoms with Gasteiger partial charge in [0.15, 0.2) is 0 Å². The van der Waals surface area contributed by atoms with Crippen molar-refractivity contribution in [1.29, 1.82) is 0 Å². The molecule has 1 aromatic heterocycles. The van der Waals surface area contributed by atoms with Gasteiger partial charge in [0.2, 0.25) is 0 Å². The van der Waals surface area contributed by atoms with Gasteiger partial charge in [0, 0.05) is 10.8 Å². The predicted octanol–water partition coefficient (Wildman–Crippen LogP) is 13.7. The lowest BCUT2D eigenvalue weighted by Crippen LogP contribution is -1.92. The predicted molar refractivity (Wildman–Crippen MR) is 208 cm³/mol. The normalized spacial score (nSPS) is 11.7. The maximum absolute atomic E-state index is 6.36. The summed E-state index contributed by atoms with van der Waals surface area (Å²) in [5.41, 5.74) is 11.6. The fourth-order valence-corrected chi connectivity index (χ4v) is 7.80. The second-order valence-corrected chi connectivity index (χ2v) is 12.8. The van der Waals surface area contributed by atoms with E-state index in [1.54, 1.807) is 0 Å². The molecule has 0 aliphatic carbocycles. The zero-order chi connectivity index (χ0) is 32.3. The van der Waals surface area contributed by atoms with Crippen LogP contribution in [0.1, 0.15) is 0 Å². The summed E-state index contributed by atoms with van der Waals surface area (Å²) in [6.45, 7) is 0. The molecule has 0 unspecified atom stereocenters. The Morgan fingerprint density at radius 1 is 0.265 bits per heavy atom. The van der Waals surface area contributed by atoms with Gasteiger partial charge in [-0.1, -0.05) is 146 Å². The molecule has 1 heteroatoms. The average molecular weight is 623 g/mol.